The molecule has 1 saturated heterocycles. The van der Waals surface area contributed by atoms with Gasteiger partial charge in [0.25, 0.3) is 0 Å². The van der Waals surface area contributed by atoms with E-state index in [2.05, 4.69) is 140 Å². The van der Waals surface area contributed by atoms with Crippen molar-refractivity contribution in [2.75, 3.05) is 13.2 Å². The molecule has 0 aromatic carbocycles. The third kappa shape index (κ3) is 32.1. The zero-order valence-corrected chi connectivity index (χ0v) is 57.8. The highest BCUT2D eigenvalue weighted by Gasteiger charge is 2.56. The molecule has 0 aliphatic carbocycles. The quantitative estimate of drug-likeness (QED) is 0.0193. The van der Waals surface area contributed by atoms with E-state index in [1.165, 1.54) is 96.3 Å². The normalized spacial score (nSPS) is 19.7. The van der Waals surface area contributed by atoms with Crippen molar-refractivity contribution in [1.29, 1.82) is 0 Å². The van der Waals surface area contributed by atoms with E-state index in [0.717, 1.165) is 70.6 Å². The summed E-state index contributed by atoms with van der Waals surface area (Å²) < 4.78 is 56.8. The maximum Gasteiger partial charge on any atom is 0.306 e. The number of hydrogen-bond donors (Lipinski definition) is 0. The Morgan fingerprint density at radius 3 is 1.27 bits per heavy atom. The Bertz CT molecular complexity index is 1690. The van der Waals surface area contributed by atoms with Crippen LogP contribution >= 0.6 is 12.2 Å². The Hall–Kier alpha value is -1.04. The van der Waals surface area contributed by atoms with Gasteiger partial charge in [0.1, 0.15) is 18.8 Å². The Labute approximate surface area is 492 Å². The first-order chi connectivity index (χ1) is 37.0. The molecular formula is C65H126O9SSi3. The minimum Gasteiger partial charge on any atom is -0.462 e. The van der Waals surface area contributed by atoms with E-state index < -0.39 is 61.8 Å². The van der Waals surface area contributed by atoms with Gasteiger partial charge in [0.05, 0.1) is 18.8 Å². The number of thiocarbonyl (C=S) groups is 1. The van der Waals surface area contributed by atoms with Gasteiger partial charge in [0, 0.05) is 20.6 Å². The van der Waals surface area contributed by atoms with Crippen LogP contribution in [0.2, 0.25) is 54.4 Å². The fourth-order valence-electron chi connectivity index (χ4n) is 8.86. The van der Waals surface area contributed by atoms with E-state index in [1.54, 1.807) is 0 Å². The molecule has 458 valence electrons. The number of rotatable bonds is 44. The van der Waals surface area contributed by atoms with E-state index in [0.29, 0.717) is 17.7 Å². The van der Waals surface area contributed by atoms with Crippen LogP contribution in [-0.2, 0) is 41.8 Å². The fourth-order valence-corrected chi connectivity index (χ4v) is 12.9. The smallest absolute Gasteiger partial charge is 0.306 e. The van der Waals surface area contributed by atoms with Crippen molar-refractivity contribution < 1.29 is 43.2 Å². The van der Waals surface area contributed by atoms with E-state index >= 15 is 0 Å². The number of unbranched alkanes of at least 4 members (excludes halogenated alkanes) is 22. The highest BCUT2D eigenvalue weighted by molar-refractivity contribution is 7.80. The second-order valence-electron chi connectivity index (χ2n) is 27.6. The second kappa shape index (κ2) is 39.5. The molecular weight excluding hydrogens is 1040 g/mol. The Balaban J connectivity index is 3.34. The second-order valence-corrected chi connectivity index (χ2v) is 42.5. The summed E-state index contributed by atoms with van der Waals surface area (Å²) in [7, 11) is -7.57. The number of esters is 2. The summed E-state index contributed by atoms with van der Waals surface area (Å²) >= 11 is 5.80. The number of carbonyl (C=O) groups excluding carboxylic acids is 2. The summed E-state index contributed by atoms with van der Waals surface area (Å²) in [6.45, 7) is 37.8. The zero-order chi connectivity index (χ0) is 59.6. The molecule has 0 bridgehead atoms. The summed E-state index contributed by atoms with van der Waals surface area (Å²) in [5.74, 6) is -0.639. The molecule has 78 heavy (non-hydrogen) atoms. The van der Waals surface area contributed by atoms with Crippen molar-refractivity contribution >= 4 is 54.0 Å². The lowest BCUT2D eigenvalue weighted by molar-refractivity contribution is -0.291. The topological polar surface area (TPSA) is 98.8 Å². The molecule has 1 aliphatic heterocycles. The molecule has 9 nitrogen and oxygen atoms in total. The Morgan fingerprint density at radius 2 is 0.872 bits per heavy atom. The maximum atomic E-state index is 13.7. The molecule has 0 amide bonds. The number of carbonyl (C=O) groups is 2. The van der Waals surface area contributed by atoms with Crippen LogP contribution in [0.1, 0.15) is 271 Å². The van der Waals surface area contributed by atoms with Gasteiger partial charge in [-0.1, -0.05) is 215 Å². The molecule has 0 spiro atoms. The third-order valence-electron chi connectivity index (χ3n) is 17.2. The summed E-state index contributed by atoms with van der Waals surface area (Å²) in [4.78, 5) is 27.6. The number of allylic oxidation sites excluding steroid dienone is 4. The molecule has 0 N–H and O–H groups in total. The highest BCUT2D eigenvalue weighted by Crippen LogP contribution is 2.46. The van der Waals surface area contributed by atoms with Gasteiger partial charge in [-0.3, -0.25) is 9.59 Å². The van der Waals surface area contributed by atoms with Gasteiger partial charge in [-0.15, -0.1) is 0 Å². The van der Waals surface area contributed by atoms with Gasteiger partial charge in [-0.05, 0) is 130 Å². The molecule has 1 fully saturated rings. The summed E-state index contributed by atoms with van der Waals surface area (Å²) in [5.41, 5.74) is 0. The largest absolute Gasteiger partial charge is 0.462 e. The molecule has 1 rings (SSSR count). The van der Waals surface area contributed by atoms with Gasteiger partial charge in [-0.25, -0.2) is 0 Å². The van der Waals surface area contributed by atoms with Gasteiger partial charge >= 0.3 is 11.9 Å². The van der Waals surface area contributed by atoms with Crippen LogP contribution in [0.15, 0.2) is 24.3 Å². The van der Waals surface area contributed by atoms with Crippen molar-refractivity contribution in [2.24, 2.45) is 0 Å². The lowest BCUT2D eigenvalue weighted by atomic mass is 9.96. The van der Waals surface area contributed by atoms with Crippen molar-refractivity contribution in [3.63, 3.8) is 0 Å². The van der Waals surface area contributed by atoms with Crippen LogP contribution < -0.4 is 0 Å². The number of ether oxygens (including phenoxy) is 4. The number of hydrogen-bond acceptors (Lipinski definition) is 10. The maximum absolute atomic E-state index is 13.7. The van der Waals surface area contributed by atoms with Crippen molar-refractivity contribution in [3.05, 3.63) is 24.3 Å². The van der Waals surface area contributed by atoms with Crippen molar-refractivity contribution in [3.8, 4) is 0 Å². The summed E-state index contributed by atoms with van der Waals surface area (Å²) in [6, 6.07) is 0. The Morgan fingerprint density at radius 1 is 0.513 bits per heavy atom. The molecule has 0 saturated carbocycles. The molecule has 0 aromatic heterocycles. The van der Waals surface area contributed by atoms with Crippen LogP contribution in [0, 0.1) is 0 Å². The van der Waals surface area contributed by atoms with Crippen molar-refractivity contribution in [2.45, 2.75) is 360 Å². The predicted molar refractivity (Wildman–Crippen MR) is 343 cm³/mol. The van der Waals surface area contributed by atoms with Gasteiger partial charge in [0.2, 0.25) is 0 Å². The minimum absolute atomic E-state index is 0.0255. The van der Waals surface area contributed by atoms with Crippen LogP contribution in [0.3, 0.4) is 0 Å². The predicted octanol–water partition coefficient (Wildman–Crippen LogP) is 20.2. The van der Waals surface area contributed by atoms with E-state index in [9.17, 15) is 9.59 Å². The molecule has 13 heteroatoms. The molecule has 0 aromatic rings. The van der Waals surface area contributed by atoms with Gasteiger partial charge < -0.3 is 32.2 Å². The van der Waals surface area contributed by atoms with E-state index in [1.807, 2.05) is 0 Å². The summed E-state index contributed by atoms with van der Waals surface area (Å²) in [6.07, 6.45) is 36.6. The molecule has 1 heterocycles. The van der Waals surface area contributed by atoms with Gasteiger partial charge in [-0.2, -0.15) is 0 Å². The van der Waals surface area contributed by atoms with Crippen LogP contribution in [0.4, 0.5) is 0 Å². The first-order valence-corrected chi connectivity index (χ1v) is 40.9. The first-order valence-electron chi connectivity index (χ1n) is 32.5. The van der Waals surface area contributed by atoms with Crippen molar-refractivity contribution in [1.82, 2.24) is 0 Å². The molecule has 0 radical (unpaired) electrons. The van der Waals surface area contributed by atoms with Crippen LogP contribution in [-0.4, -0.2) is 91.8 Å². The van der Waals surface area contributed by atoms with Gasteiger partial charge in [0.15, 0.2) is 37.3 Å². The van der Waals surface area contributed by atoms with Crippen LogP contribution in [0.25, 0.3) is 0 Å². The monoisotopic (exact) mass is 1170 g/mol. The summed E-state index contributed by atoms with van der Waals surface area (Å²) in [5, 5.41) is -0.437. The molecule has 6 atom stereocenters. The Kier molecular flexibility index (Phi) is 37.0. The van der Waals surface area contributed by atoms with E-state index in [4.69, 9.17) is 45.8 Å². The lowest BCUT2D eigenvalue weighted by Gasteiger charge is -2.54. The standard InChI is InChI=1S/C65H126O9SSi3/c1-19-21-23-25-27-29-31-33-35-37-39-41-43-45-47-49-57(66)68-52-55(70-58(67)50-48-46-44-42-40-38-36-34-32-30-28-26-24-22-20-2)53-69-62-61(74-78(17,18)65(10,11)12)60(73-77(15,16)64(7,8)9)59(56(71-62)51-54(3)75)72-76(13,14)63(4,5)6/h33-36,55-56,59-62H,19-32,37-53H2,1-18H3/b35-33-,36-34-/t55?,56-,59-,60+,61-,62?/m1/s1/i3D. The third-order valence-corrected chi connectivity index (χ3v) is 30.8. The zero-order valence-electron chi connectivity index (χ0n) is 55.0. The molecule has 1 aliphatic rings. The average molecular weight is 1170 g/mol. The average Bonchev–Trinajstić information content (AvgIpc) is 3.38. The lowest BCUT2D eigenvalue weighted by Crippen LogP contribution is -2.68. The highest BCUT2D eigenvalue weighted by atomic mass is 32.1. The minimum atomic E-state index is -2.56. The molecule has 2 unspecified atom stereocenters. The van der Waals surface area contributed by atoms with E-state index in [-0.39, 0.29) is 53.6 Å². The first kappa shape index (κ1) is 73.1. The fraction of sp³-hybridized carbons (Fsp3) is 0.892. The SMILES string of the molecule is [2H]CC(=S)C[C@H]1OC(OCC(COC(=O)CCCCCCC/C=C\CCCCCCCC)OC(=O)CCCCCCC/C=C\CCCCCCCC)[C@H](O[Si](C)(C)C(C)(C)C)[C@@H](O[Si](C)(C)C(C)(C)C)[C@@H]1O[Si](C)(C)C(C)(C)C. The van der Waals surface area contributed by atoms with Crippen LogP contribution in [0.5, 0.6) is 0 Å².